The van der Waals surface area contributed by atoms with E-state index in [1.54, 1.807) is 7.05 Å². The van der Waals surface area contributed by atoms with E-state index in [4.69, 9.17) is 0 Å². The number of carbonyl (C=O) groups excluding carboxylic acids is 2. The smallest absolute Gasteiger partial charge is 0.239 e. The van der Waals surface area contributed by atoms with Gasteiger partial charge in [-0.3, -0.25) is 9.59 Å². The molecule has 1 aliphatic heterocycles. The topological polar surface area (TPSA) is 61.4 Å². The molecule has 1 atom stereocenters. The lowest BCUT2D eigenvalue weighted by Crippen LogP contribution is -2.45. The second kappa shape index (κ2) is 6.48. The van der Waals surface area contributed by atoms with Crippen molar-refractivity contribution in [2.75, 3.05) is 33.2 Å². The van der Waals surface area contributed by atoms with Gasteiger partial charge in [-0.2, -0.15) is 0 Å². The second-order valence-corrected chi connectivity index (χ2v) is 4.19. The summed E-state index contributed by atoms with van der Waals surface area (Å²) in [4.78, 5) is 24.8. The molecule has 1 fully saturated rings. The van der Waals surface area contributed by atoms with Crippen LogP contribution in [-0.4, -0.2) is 49.9 Å². The number of hydrogen-bond acceptors (Lipinski definition) is 3. The van der Waals surface area contributed by atoms with E-state index in [2.05, 4.69) is 10.6 Å². The van der Waals surface area contributed by atoms with Crippen LogP contribution in [0.1, 0.15) is 19.8 Å². The first-order valence-electron chi connectivity index (χ1n) is 5.87. The molecular weight excluding hydrogens is 206 g/mol. The van der Waals surface area contributed by atoms with Gasteiger partial charge in [0.25, 0.3) is 0 Å². The Balaban J connectivity index is 2.37. The summed E-state index contributed by atoms with van der Waals surface area (Å²) in [5.41, 5.74) is 0. The van der Waals surface area contributed by atoms with E-state index in [0.717, 1.165) is 25.9 Å². The van der Waals surface area contributed by atoms with E-state index in [0.29, 0.717) is 6.54 Å². The SMILES string of the molecule is CCNC(=O)CN(C)C(=O)[C@@H]1CCCNC1. The van der Waals surface area contributed by atoms with Gasteiger partial charge in [0, 0.05) is 20.1 Å². The van der Waals surface area contributed by atoms with Crippen LogP contribution in [0, 0.1) is 5.92 Å². The maximum atomic E-state index is 11.9. The molecule has 16 heavy (non-hydrogen) atoms. The summed E-state index contributed by atoms with van der Waals surface area (Å²) < 4.78 is 0. The number of nitrogens with zero attached hydrogens (tertiary/aromatic N) is 1. The van der Waals surface area contributed by atoms with E-state index in [9.17, 15) is 9.59 Å². The third-order valence-corrected chi connectivity index (χ3v) is 2.78. The van der Waals surface area contributed by atoms with Crippen molar-refractivity contribution in [2.45, 2.75) is 19.8 Å². The Hall–Kier alpha value is -1.10. The zero-order valence-electron chi connectivity index (χ0n) is 10.1. The summed E-state index contributed by atoms with van der Waals surface area (Å²) in [6.07, 6.45) is 1.96. The number of likely N-dealkylation sites (N-methyl/N-ethyl adjacent to an activating group) is 2. The highest BCUT2D eigenvalue weighted by atomic mass is 16.2. The van der Waals surface area contributed by atoms with Gasteiger partial charge in [-0.1, -0.05) is 0 Å². The van der Waals surface area contributed by atoms with Crippen LogP contribution in [0.5, 0.6) is 0 Å². The van der Waals surface area contributed by atoms with Crippen molar-refractivity contribution >= 4 is 11.8 Å². The predicted molar refractivity (Wildman–Crippen MR) is 61.9 cm³/mol. The lowest BCUT2D eigenvalue weighted by atomic mass is 9.98. The number of hydrogen-bond donors (Lipinski definition) is 2. The van der Waals surface area contributed by atoms with Crippen LogP contribution < -0.4 is 10.6 Å². The fourth-order valence-electron chi connectivity index (χ4n) is 1.92. The minimum atomic E-state index is -0.0953. The molecule has 2 amide bonds. The average molecular weight is 227 g/mol. The Morgan fingerprint density at radius 1 is 1.50 bits per heavy atom. The Kier molecular flexibility index (Phi) is 5.25. The van der Waals surface area contributed by atoms with Crippen LogP contribution in [0.3, 0.4) is 0 Å². The predicted octanol–water partition coefficient (Wildman–Crippen LogP) is -0.419. The Labute approximate surface area is 96.6 Å². The molecule has 0 radical (unpaired) electrons. The van der Waals surface area contributed by atoms with Crippen LogP contribution in [0.4, 0.5) is 0 Å². The third-order valence-electron chi connectivity index (χ3n) is 2.78. The average Bonchev–Trinajstić information content (AvgIpc) is 2.29. The molecule has 0 aromatic carbocycles. The van der Waals surface area contributed by atoms with Gasteiger partial charge in [0.2, 0.25) is 11.8 Å². The van der Waals surface area contributed by atoms with E-state index in [1.165, 1.54) is 4.90 Å². The molecule has 0 aromatic heterocycles. The molecule has 0 saturated carbocycles. The molecule has 5 nitrogen and oxygen atoms in total. The van der Waals surface area contributed by atoms with Gasteiger partial charge in [-0.05, 0) is 26.3 Å². The molecule has 1 rings (SSSR count). The van der Waals surface area contributed by atoms with E-state index >= 15 is 0 Å². The summed E-state index contributed by atoms with van der Waals surface area (Å²) in [7, 11) is 1.69. The molecular formula is C11H21N3O2. The molecule has 1 heterocycles. The second-order valence-electron chi connectivity index (χ2n) is 4.19. The highest BCUT2D eigenvalue weighted by Gasteiger charge is 2.24. The van der Waals surface area contributed by atoms with Gasteiger partial charge in [0.1, 0.15) is 0 Å². The van der Waals surface area contributed by atoms with Crippen molar-refractivity contribution in [1.29, 1.82) is 0 Å². The Bertz CT molecular complexity index is 250. The van der Waals surface area contributed by atoms with Gasteiger partial charge in [-0.25, -0.2) is 0 Å². The molecule has 0 unspecified atom stereocenters. The zero-order chi connectivity index (χ0) is 12.0. The van der Waals surface area contributed by atoms with Crippen molar-refractivity contribution in [1.82, 2.24) is 15.5 Å². The summed E-state index contributed by atoms with van der Waals surface area (Å²) in [6, 6.07) is 0. The molecule has 0 aliphatic carbocycles. The Morgan fingerprint density at radius 3 is 2.81 bits per heavy atom. The maximum absolute atomic E-state index is 11.9. The number of nitrogens with one attached hydrogen (secondary N) is 2. The molecule has 92 valence electrons. The summed E-state index contributed by atoms with van der Waals surface area (Å²) in [5, 5.41) is 5.89. The van der Waals surface area contributed by atoms with E-state index in [1.807, 2.05) is 6.92 Å². The normalized spacial score (nSPS) is 20.2. The van der Waals surface area contributed by atoms with E-state index < -0.39 is 0 Å². The molecule has 0 bridgehead atoms. The summed E-state index contributed by atoms with van der Waals surface area (Å²) >= 11 is 0. The molecule has 0 spiro atoms. The van der Waals surface area contributed by atoms with Crippen molar-refractivity contribution in [3.8, 4) is 0 Å². The molecule has 5 heteroatoms. The van der Waals surface area contributed by atoms with Gasteiger partial charge in [-0.15, -0.1) is 0 Å². The quantitative estimate of drug-likeness (QED) is 0.686. The first-order valence-corrected chi connectivity index (χ1v) is 5.87. The standard InChI is InChI=1S/C11H21N3O2/c1-3-13-10(15)8-14(2)11(16)9-5-4-6-12-7-9/h9,12H,3-8H2,1-2H3,(H,13,15)/t9-/m1/s1. The molecule has 2 N–H and O–H groups in total. The maximum Gasteiger partial charge on any atom is 0.239 e. The van der Waals surface area contributed by atoms with Crippen LogP contribution in [0.25, 0.3) is 0 Å². The first-order chi connectivity index (χ1) is 7.65. The van der Waals surface area contributed by atoms with Crippen molar-refractivity contribution in [3.05, 3.63) is 0 Å². The van der Waals surface area contributed by atoms with Gasteiger partial charge in [0.15, 0.2) is 0 Å². The molecule has 1 saturated heterocycles. The van der Waals surface area contributed by atoms with Crippen molar-refractivity contribution in [2.24, 2.45) is 5.92 Å². The lowest BCUT2D eigenvalue weighted by molar-refractivity contribution is -0.138. The minimum Gasteiger partial charge on any atom is -0.355 e. The fraction of sp³-hybridized carbons (Fsp3) is 0.818. The number of rotatable bonds is 4. The summed E-state index contributed by atoms with van der Waals surface area (Å²) in [5.74, 6) is 0.00810. The largest absolute Gasteiger partial charge is 0.355 e. The number of piperidine rings is 1. The lowest BCUT2D eigenvalue weighted by Gasteiger charge is -2.26. The number of carbonyl (C=O) groups is 2. The molecule has 1 aliphatic rings. The summed E-state index contributed by atoms with van der Waals surface area (Å²) in [6.45, 7) is 4.35. The van der Waals surface area contributed by atoms with Gasteiger partial charge >= 0.3 is 0 Å². The minimum absolute atomic E-state index is 0.0353. The first kappa shape index (κ1) is 13.0. The molecule has 0 aromatic rings. The fourth-order valence-corrected chi connectivity index (χ4v) is 1.92. The van der Waals surface area contributed by atoms with Crippen LogP contribution in [-0.2, 0) is 9.59 Å². The van der Waals surface area contributed by atoms with E-state index in [-0.39, 0.29) is 24.3 Å². The van der Waals surface area contributed by atoms with Crippen LogP contribution in [0.2, 0.25) is 0 Å². The third kappa shape index (κ3) is 3.81. The highest BCUT2D eigenvalue weighted by molar-refractivity contribution is 5.85. The monoisotopic (exact) mass is 227 g/mol. The Morgan fingerprint density at radius 2 is 2.25 bits per heavy atom. The zero-order valence-corrected chi connectivity index (χ0v) is 10.1. The van der Waals surface area contributed by atoms with Crippen molar-refractivity contribution < 1.29 is 9.59 Å². The van der Waals surface area contributed by atoms with Gasteiger partial charge < -0.3 is 15.5 Å². The number of amides is 2. The highest BCUT2D eigenvalue weighted by Crippen LogP contribution is 2.12. The van der Waals surface area contributed by atoms with Gasteiger partial charge in [0.05, 0.1) is 12.5 Å². The van der Waals surface area contributed by atoms with Crippen molar-refractivity contribution in [3.63, 3.8) is 0 Å². The van der Waals surface area contributed by atoms with Crippen LogP contribution in [0.15, 0.2) is 0 Å². The van der Waals surface area contributed by atoms with Crippen LogP contribution >= 0.6 is 0 Å².